The number of ketones is 1. The monoisotopic (exact) mass is 254 g/mol. The SMILES string of the molecule is COC1=N[C@@](C)(CC(C)=O)C(OC)=N[C@@H]1C(C)C. The van der Waals surface area contributed by atoms with Crippen LogP contribution >= 0.6 is 0 Å². The van der Waals surface area contributed by atoms with Gasteiger partial charge in [0.25, 0.3) is 0 Å². The molecular formula is C13H22N2O3. The normalized spacial score (nSPS) is 27.6. The predicted molar refractivity (Wildman–Crippen MR) is 71.2 cm³/mol. The molecule has 0 N–H and O–H groups in total. The highest BCUT2D eigenvalue weighted by Gasteiger charge is 2.40. The molecule has 0 saturated heterocycles. The first-order chi connectivity index (χ1) is 8.34. The van der Waals surface area contributed by atoms with Crippen molar-refractivity contribution in [1.29, 1.82) is 0 Å². The largest absolute Gasteiger partial charge is 0.483 e. The van der Waals surface area contributed by atoms with Crippen LogP contribution in [0.25, 0.3) is 0 Å². The summed E-state index contributed by atoms with van der Waals surface area (Å²) in [6.07, 6.45) is 0.261. The minimum atomic E-state index is -0.753. The molecular weight excluding hydrogens is 232 g/mol. The van der Waals surface area contributed by atoms with E-state index in [-0.39, 0.29) is 24.2 Å². The number of nitrogens with zero attached hydrogens (tertiary/aromatic N) is 2. The number of Topliss-reactive ketones (excluding diaryl/α,β-unsaturated/α-hetero) is 1. The first kappa shape index (κ1) is 14.7. The Bertz CT molecular complexity index is 388. The van der Waals surface area contributed by atoms with Gasteiger partial charge in [-0.1, -0.05) is 13.8 Å². The Hall–Kier alpha value is -1.39. The summed E-state index contributed by atoms with van der Waals surface area (Å²) in [7, 11) is 3.14. The van der Waals surface area contributed by atoms with Crippen molar-refractivity contribution in [2.45, 2.75) is 45.7 Å². The van der Waals surface area contributed by atoms with Crippen LogP contribution in [0.15, 0.2) is 9.98 Å². The van der Waals surface area contributed by atoms with Crippen LogP contribution in [0.1, 0.15) is 34.1 Å². The molecule has 0 bridgehead atoms. The number of ether oxygens (including phenoxy) is 2. The Morgan fingerprint density at radius 1 is 1.39 bits per heavy atom. The summed E-state index contributed by atoms with van der Waals surface area (Å²) in [4.78, 5) is 20.5. The zero-order chi connectivity index (χ0) is 13.9. The van der Waals surface area contributed by atoms with Crippen LogP contribution in [0.5, 0.6) is 0 Å². The van der Waals surface area contributed by atoms with Crippen LogP contribution in [0.4, 0.5) is 0 Å². The number of rotatable bonds is 3. The number of hydrogen-bond donors (Lipinski definition) is 0. The standard InChI is InChI=1S/C13H22N2O3/c1-8(2)10-11(17-5)15-13(4,7-9(3)16)12(14-10)18-6/h8,10H,7H2,1-6H3/t10-,13+/m1/s1. The molecule has 0 amide bonds. The molecule has 0 aromatic heterocycles. The van der Waals surface area contributed by atoms with Crippen LogP contribution in [0.3, 0.4) is 0 Å². The molecule has 0 aliphatic carbocycles. The molecule has 5 nitrogen and oxygen atoms in total. The third-order valence-electron chi connectivity index (χ3n) is 2.95. The lowest BCUT2D eigenvalue weighted by Gasteiger charge is -2.33. The summed E-state index contributed by atoms with van der Waals surface area (Å²) >= 11 is 0. The van der Waals surface area contributed by atoms with Crippen molar-refractivity contribution in [2.24, 2.45) is 15.9 Å². The maximum absolute atomic E-state index is 11.4. The number of carbonyl (C=O) groups excluding carboxylic acids is 1. The molecule has 2 atom stereocenters. The second-order valence-electron chi connectivity index (χ2n) is 5.13. The Kier molecular flexibility index (Phi) is 4.48. The average Bonchev–Trinajstić information content (AvgIpc) is 2.26. The van der Waals surface area contributed by atoms with Gasteiger partial charge in [-0.05, 0) is 19.8 Å². The number of carbonyl (C=O) groups is 1. The fraction of sp³-hybridized carbons (Fsp3) is 0.769. The molecule has 1 aliphatic heterocycles. The van der Waals surface area contributed by atoms with Crippen molar-refractivity contribution in [1.82, 2.24) is 0 Å². The zero-order valence-electron chi connectivity index (χ0n) is 12.0. The van der Waals surface area contributed by atoms with Gasteiger partial charge in [0.2, 0.25) is 11.8 Å². The van der Waals surface area contributed by atoms with E-state index >= 15 is 0 Å². The summed E-state index contributed by atoms with van der Waals surface area (Å²) in [6.45, 7) is 7.47. The summed E-state index contributed by atoms with van der Waals surface area (Å²) < 4.78 is 10.6. The van der Waals surface area contributed by atoms with Crippen molar-refractivity contribution in [3.05, 3.63) is 0 Å². The molecule has 1 aliphatic rings. The van der Waals surface area contributed by atoms with E-state index in [2.05, 4.69) is 9.98 Å². The molecule has 5 heteroatoms. The molecule has 1 heterocycles. The zero-order valence-corrected chi connectivity index (χ0v) is 12.0. The van der Waals surface area contributed by atoms with Crippen molar-refractivity contribution < 1.29 is 14.3 Å². The Morgan fingerprint density at radius 2 is 2.00 bits per heavy atom. The van der Waals surface area contributed by atoms with E-state index in [1.165, 1.54) is 6.92 Å². The third kappa shape index (κ3) is 2.89. The quantitative estimate of drug-likeness (QED) is 0.772. The average molecular weight is 254 g/mol. The van der Waals surface area contributed by atoms with Crippen molar-refractivity contribution in [2.75, 3.05) is 14.2 Å². The highest BCUT2D eigenvalue weighted by molar-refractivity contribution is 5.99. The third-order valence-corrected chi connectivity index (χ3v) is 2.95. The summed E-state index contributed by atoms with van der Waals surface area (Å²) in [5.74, 6) is 1.37. The maximum atomic E-state index is 11.4. The minimum absolute atomic E-state index is 0.0458. The first-order valence-electron chi connectivity index (χ1n) is 6.09. The second kappa shape index (κ2) is 5.50. The fourth-order valence-electron chi connectivity index (χ4n) is 2.15. The van der Waals surface area contributed by atoms with Crippen LogP contribution in [0.2, 0.25) is 0 Å². The van der Waals surface area contributed by atoms with Gasteiger partial charge in [-0.2, -0.15) is 0 Å². The van der Waals surface area contributed by atoms with Crippen LogP contribution in [-0.4, -0.2) is 43.4 Å². The summed E-state index contributed by atoms with van der Waals surface area (Å²) in [5, 5.41) is 0. The van der Waals surface area contributed by atoms with Crippen LogP contribution < -0.4 is 0 Å². The van der Waals surface area contributed by atoms with Crippen molar-refractivity contribution in [3.63, 3.8) is 0 Å². The Morgan fingerprint density at radius 3 is 2.39 bits per heavy atom. The Labute approximate surface area is 108 Å². The van der Waals surface area contributed by atoms with E-state index in [1.807, 2.05) is 20.8 Å². The van der Waals surface area contributed by atoms with Gasteiger partial charge < -0.3 is 9.47 Å². The lowest BCUT2D eigenvalue weighted by molar-refractivity contribution is -0.117. The van der Waals surface area contributed by atoms with E-state index < -0.39 is 5.54 Å². The molecule has 0 spiro atoms. The smallest absolute Gasteiger partial charge is 0.212 e. The lowest BCUT2D eigenvalue weighted by atomic mass is 9.92. The van der Waals surface area contributed by atoms with Crippen molar-refractivity contribution >= 4 is 17.6 Å². The van der Waals surface area contributed by atoms with Crippen LogP contribution in [-0.2, 0) is 14.3 Å². The molecule has 0 unspecified atom stereocenters. The first-order valence-corrected chi connectivity index (χ1v) is 6.09. The summed E-state index contributed by atoms with van der Waals surface area (Å²) in [6, 6.07) is -0.148. The molecule has 1 rings (SSSR count). The molecule has 18 heavy (non-hydrogen) atoms. The molecule has 0 aromatic rings. The lowest BCUT2D eigenvalue weighted by Crippen LogP contribution is -2.45. The van der Waals surface area contributed by atoms with Gasteiger partial charge in [0, 0.05) is 6.42 Å². The van der Waals surface area contributed by atoms with E-state index in [0.717, 1.165) is 0 Å². The van der Waals surface area contributed by atoms with Gasteiger partial charge in [-0.15, -0.1) is 0 Å². The van der Waals surface area contributed by atoms with E-state index in [9.17, 15) is 4.79 Å². The van der Waals surface area contributed by atoms with Gasteiger partial charge >= 0.3 is 0 Å². The second-order valence-corrected chi connectivity index (χ2v) is 5.13. The number of aliphatic imine (C=N–C) groups is 2. The maximum Gasteiger partial charge on any atom is 0.212 e. The molecule has 0 fully saturated rings. The predicted octanol–water partition coefficient (Wildman–Crippen LogP) is 1.85. The van der Waals surface area contributed by atoms with Gasteiger partial charge in [0.05, 0.1) is 14.2 Å². The molecule has 102 valence electrons. The van der Waals surface area contributed by atoms with Gasteiger partial charge in [0.15, 0.2) is 0 Å². The van der Waals surface area contributed by atoms with Gasteiger partial charge in [0.1, 0.15) is 17.4 Å². The Balaban J connectivity index is 3.16. The topological polar surface area (TPSA) is 60.2 Å². The summed E-state index contributed by atoms with van der Waals surface area (Å²) in [5.41, 5.74) is -0.753. The molecule has 0 radical (unpaired) electrons. The number of methoxy groups -OCH3 is 2. The van der Waals surface area contributed by atoms with Gasteiger partial charge in [-0.3, -0.25) is 4.79 Å². The molecule has 0 aromatic carbocycles. The van der Waals surface area contributed by atoms with E-state index in [4.69, 9.17) is 9.47 Å². The van der Waals surface area contributed by atoms with E-state index in [0.29, 0.717) is 11.8 Å². The number of hydrogen-bond acceptors (Lipinski definition) is 5. The van der Waals surface area contributed by atoms with Crippen molar-refractivity contribution in [3.8, 4) is 0 Å². The molecule has 0 saturated carbocycles. The highest BCUT2D eigenvalue weighted by atomic mass is 16.5. The fourth-order valence-corrected chi connectivity index (χ4v) is 2.15. The van der Waals surface area contributed by atoms with E-state index in [1.54, 1.807) is 14.2 Å². The highest BCUT2D eigenvalue weighted by Crippen LogP contribution is 2.27. The van der Waals surface area contributed by atoms with Gasteiger partial charge in [-0.25, -0.2) is 9.98 Å². The van der Waals surface area contributed by atoms with Crippen LogP contribution in [0, 0.1) is 5.92 Å². The minimum Gasteiger partial charge on any atom is -0.483 e.